The standard InChI is InChI=1S/C17H21F2NO5/c1-17(2,3)25-16(23)20-14-11(7-21)13(22)8-24-15(14)10-6-9(18)4-5-12(10)19/h4-6,11,14-15,21H,7-8H2,1-3H3,(H,20,23)/t11?,14-,15+/m0/s1. The quantitative estimate of drug-likeness (QED) is 0.865. The van der Waals surface area contributed by atoms with Crippen LogP contribution in [0.25, 0.3) is 0 Å². The van der Waals surface area contributed by atoms with E-state index < -0.39 is 53.8 Å². The maximum absolute atomic E-state index is 14.1. The Hall–Kier alpha value is -2.06. The fraction of sp³-hybridized carbons (Fsp3) is 0.529. The topological polar surface area (TPSA) is 84.9 Å². The van der Waals surface area contributed by atoms with Crippen LogP contribution >= 0.6 is 0 Å². The number of carbonyl (C=O) groups excluding carboxylic acids is 2. The first-order chi connectivity index (χ1) is 11.6. The average Bonchev–Trinajstić information content (AvgIpc) is 2.48. The van der Waals surface area contributed by atoms with E-state index in [1.54, 1.807) is 20.8 Å². The predicted molar refractivity (Wildman–Crippen MR) is 83.8 cm³/mol. The van der Waals surface area contributed by atoms with Crippen LogP contribution in [0.3, 0.4) is 0 Å². The molecule has 1 aromatic carbocycles. The van der Waals surface area contributed by atoms with Gasteiger partial charge in [0.25, 0.3) is 0 Å². The number of aliphatic hydroxyl groups is 1. The van der Waals surface area contributed by atoms with E-state index in [1.165, 1.54) is 0 Å². The Labute approximate surface area is 144 Å². The molecule has 1 aliphatic heterocycles. The van der Waals surface area contributed by atoms with Gasteiger partial charge in [-0.05, 0) is 39.0 Å². The van der Waals surface area contributed by atoms with Crippen LogP contribution in [0.5, 0.6) is 0 Å². The summed E-state index contributed by atoms with van der Waals surface area (Å²) < 4.78 is 38.1. The van der Waals surface area contributed by atoms with Crippen molar-refractivity contribution in [3.8, 4) is 0 Å². The van der Waals surface area contributed by atoms with Crippen molar-refractivity contribution in [3.05, 3.63) is 35.4 Å². The predicted octanol–water partition coefficient (Wildman–Crippen LogP) is 2.11. The van der Waals surface area contributed by atoms with Gasteiger partial charge in [-0.3, -0.25) is 4.79 Å². The minimum atomic E-state index is -1.14. The lowest BCUT2D eigenvalue weighted by Gasteiger charge is -2.37. The molecule has 25 heavy (non-hydrogen) atoms. The van der Waals surface area contributed by atoms with Crippen LogP contribution < -0.4 is 5.32 Å². The number of hydrogen-bond acceptors (Lipinski definition) is 5. The van der Waals surface area contributed by atoms with E-state index in [9.17, 15) is 23.5 Å². The maximum atomic E-state index is 14.1. The average molecular weight is 357 g/mol. The van der Waals surface area contributed by atoms with Gasteiger partial charge in [-0.1, -0.05) is 0 Å². The van der Waals surface area contributed by atoms with Crippen LogP contribution in [0, 0.1) is 17.6 Å². The molecule has 0 bridgehead atoms. The Kier molecular flexibility index (Phi) is 5.74. The highest BCUT2D eigenvalue weighted by atomic mass is 19.1. The molecule has 0 saturated carbocycles. The third-order valence-electron chi connectivity index (χ3n) is 3.72. The molecule has 1 fully saturated rings. The molecular weight excluding hydrogens is 336 g/mol. The summed E-state index contributed by atoms with van der Waals surface area (Å²) in [5.74, 6) is -2.90. The van der Waals surface area contributed by atoms with Crippen molar-refractivity contribution >= 4 is 11.9 Å². The minimum Gasteiger partial charge on any atom is -0.444 e. The van der Waals surface area contributed by atoms with Gasteiger partial charge < -0.3 is 19.9 Å². The first-order valence-electron chi connectivity index (χ1n) is 7.82. The number of benzene rings is 1. The van der Waals surface area contributed by atoms with Crippen LogP contribution in [0.1, 0.15) is 32.4 Å². The van der Waals surface area contributed by atoms with Crippen molar-refractivity contribution < 1.29 is 33.0 Å². The number of halogens is 2. The zero-order valence-electron chi connectivity index (χ0n) is 14.2. The SMILES string of the molecule is CC(C)(C)OC(=O)N[C@H]1C(CO)C(=O)CO[C@@H]1c1cc(F)ccc1F. The van der Waals surface area contributed by atoms with Gasteiger partial charge in [0.15, 0.2) is 5.78 Å². The zero-order chi connectivity index (χ0) is 18.8. The van der Waals surface area contributed by atoms with Gasteiger partial charge in [-0.25, -0.2) is 13.6 Å². The summed E-state index contributed by atoms with van der Waals surface area (Å²) in [4.78, 5) is 24.1. The van der Waals surface area contributed by atoms with Gasteiger partial charge in [0.05, 0.1) is 18.6 Å². The summed E-state index contributed by atoms with van der Waals surface area (Å²) in [5.41, 5.74) is -0.940. The first kappa shape index (κ1) is 19.3. The number of Topliss-reactive ketones (excluding diaryl/α,β-unsaturated/α-hetero) is 1. The van der Waals surface area contributed by atoms with Crippen molar-refractivity contribution in [1.82, 2.24) is 5.32 Å². The maximum Gasteiger partial charge on any atom is 0.407 e. The molecule has 1 aliphatic rings. The number of nitrogens with one attached hydrogen (secondary N) is 1. The molecule has 0 aliphatic carbocycles. The summed E-state index contributed by atoms with van der Waals surface area (Å²) in [7, 11) is 0. The Morgan fingerprint density at radius 1 is 1.40 bits per heavy atom. The number of alkyl carbamates (subject to hydrolysis) is 1. The Morgan fingerprint density at radius 2 is 2.08 bits per heavy atom. The van der Waals surface area contributed by atoms with Gasteiger partial charge in [-0.15, -0.1) is 0 Å². The third kappa shape index (κ3) is 4.73. The lowest BCUT2D eigenvalue weighted by molar-refractivity contribution is -0.143. The van der Waals surface area contributed by atoms with E-state index in [0.29, 0.717) is 0 Å². The molecule has 1 heterocycles. The highest BCUT2D eigenvalue weighted by Crippen LogP contribution is 2.32. The van der Waals surface area contributed by atoms with E-state index in [-0.39, 0.29) is 12.2 Å². The Balaban J connectivity index is 2.34. The fourth-order valence-corrected chi connectivity index (χ4v) is 2.65. The molecule has 8 heteroatoms. The van der Waals surface area contributed by atoms with Crippen molar-refractivity contribution in [1.29, 1.82) is 0 Å². The monoisotopic (exact) mass is 357 g/mol. The van der Waals surface area contributed by atoms with Gasteiger partial charge in [0.2, 0.25) is 0 Å². The van der Waals surface area contributed by atoms with Gasteiger partial charge in [0, 0.05) is 5.56 Å². The molecular formula is C17H21F2NO5. The number of aliphatic hydroxyl groups excluding tert-OH is 1. The summed E-state index contributed by atoms with van der Waals surface area (Å²) in [6.45, 7) is 4.02. The van der Waals surface area contributed by atoms with Gasteiger partial charge in [0.1, 0.15) is 29.9 Å². The van der Waals surface area contributed by atoms with Crippen molar-refractivity contribution in [2.75, 3.05) is 13.2 Å². The Morgan fingerprint density at radius 3 is 2.68 bits per heavy atom. The molecule has 138 valence electrons. The second-order valence-corrected chi connectivity index (χ2v) is 6.82. The molecule has 1 unspecified atom stereocenters. The highest BCUT2D eigenvalue weighted by molar-refractivity contribution is 5.84. The minimum absolute atomic E-state index is 0.146. The fourth-order valence-electron chi connectivity index (χ4n) is 2.65. The number of ether oxygens (including phenoxy) is 2. The van der Waals surface area contributed by atoms with Crippen molar-refractivity contribution in [2.45, 2.75) is 38.5 Å². The van der Waals surface area contributed by atoms with E-state index in [0.717, 1.165) is 18.2 Å². The highest BCUT2D eigenvalue weighted by Gasteiger charge is 2.42. The van der Waals surface area contributed by atoms with Crippen molar-refractivity contribution in [3.63, 3.8) is 0 Å². The van der Waals surface area contributed by atoms with Gasteiger partial charge in [-0.2, -0.15) is 0 Å². The lowest BCUT2D eigenvalue weighted by Crippen LogP contribution is -2.54. The zero-order valence-corrected chi connectivity index (χ0v) is 14.2. The molecule has 2 rings (SSSR count). The molecule has 1 amide bonds. The second-order valence-electron chi connectivity index (χ2n) is 6.82. The summed E-state index contributed by atoms with van der Waals surface area (Å²) in [6.07, 6.45) is -1.99. The van der Waals surface area contributed by atoms with Gasteiger partial charge >= 0.3 is 6.09 Å². The summed E-state index contributed by atoms with van der Waals surface area (Å²) in [6, 6.07) is 1.72. The molecule has 1 aromatic rings. The van der Waals surface area contributed by atoms with Crippen LogP contribution in [-0.4, -0.2) is 41.8 Å². The molecule has 3 atom stereocenters. The number of carbonyl (C=O) groups is 2. The van der Waals surface area contributed by atoms with Crippen LogP contribution in [0.15, 0.2) is 18.2 Å². The second kappa shape index (κ2) is 7.45. The number of amides is 1. The molecule has 6 nitrogen and oxygen atoms in total. The lowest BCUT2D eigenvalue weighted by atomic mass is 9.86. The normalized spacial score (nSPS) is 24.1. The van der Waals surface area contributed by atoms with Crippen LogP contribution in [0.2, 0.25) is 0 Å². The van der Waals surface area contributed by atoms with Crippen molar-refractivity contribution in [2.24, 2.45) is 5.92 Å². The van der Waals surface area contributed by atoms with Crippen LogP contribution in [-0.2, 0) is 14.3 Å². The van der Waals surface area contributed by atoms with Crippen LogP contribution in [0.4, 0.5) is 13.6 Å². The van der Waals surface area contributed by atoms with E-state index in [2.05, 4.69) is 5.32 Å². The molecule has 2 N–H and O–H groups in total. The van der Waals surface area contributed by atoms with E-state index in [4.69, 9.17) is 9.47 Å². The smallest absolute Gasteiger partial charge is 0.407 e. The molecule has 0 aromatic heterocycles. The number of rotatable bonds is 3. The number of ketones is 1. The Bertz CT molecular complexity index is 659. The summed E-state index contributed by atoms with van der Waals surface area (Å²) >= 11 is 0. The van der Waals surface area contributed by atoms with E-state index >= 15 is 0 Å². The first-order valence-corrected chi connectivity index (χ1v) is 7.82. The molecule has 1 saturated heterocycles. The largest absolute Gasteiger partial charge is 0.444 e. The molecule has 0 radical (unpaired) electrons. The van der Waals surface area contributed by atoms with E-state index in [1.807, 2.05) is 0 Å². The number of hydrogen-bond donors (Lipinski definition) is 2. The third-order valence-corrected chi connectivity index (χ3v) is 3.72. The summed E-state index contributed by atoms with van der Waals surface area (Å²) in [5, 5.41) is 12.0. The molecule has 0 spiro atoms.